The summed E-state index contributed by atoms with van der Waals surface area (Å²) < 4.78 is 0. The van der Waals surface area contributed by atoms with E-state index in [2.05, 4.69) is 36.1 Å². The Bertz CT molecular complexity index is 1070. The zero-order chi connectivity index (χ0) is 25.2. The first-order valence-corrected chi connectivity index (χ1v) is 13.1. The molecule has 4 rings (SSSR count). The zero-order valence-electron chi connectivity index (χ0n) is 20.0. The van der Waals surface area contributed by atoms with Crippen molar-refractivity contribution in [2.75, 3.05) is 19.6 Å². The predicted molar refractivity (Wildman–Crippen MR) is 138 cm³/mol. The Morgan fingerprint density at radius 2 is 1.77 bits per heavy atom. The Balaban J connectivity index is 1.59. The van der Waals surface area contributed by atoms with Crippen LogP contribution in [0, 0.1) is 22.5 Å². The number of benzene rings is 2. The molecule has 2 aliphatic rings. The molecule has 0 spiro atoms. The molecule has 35 heavy (non-hydrogen) atoms. The fourth-order valence-electron chi connectivity index (χ4n) is 6.19. The van der Waals surface area contributed by atoms with Crippen LogP contribution in [0.15, 0.2) is 42.5 Å². The number of nitrogens with zero attached hydrogens (tertiary/aromatic N) is 2. The average molecular weight is 519 g/mol. The summed E-state index contributed by atoms with van der Waals surface area (Å²) >= 11 is 12.3. The van der Waals surface area contributed by atoms with E-state index in [4.69, 9.17) is 23.2 Å². The number of piperidine rings is 1. The van der Waals surface area contributed by atoms with Crippen LogP contribution >= 0.6 is 23.2 Å². The van der Waals surface area contributed by atoms with Gasteiger partial charge in [-0.05, 0) is 74.9 Å². The molecule has 1 aliphatic heterocycles. The monoisotopic (exact) mass is 518 g/mol. The van der Waals surface area contributed by atoms with Crippen LogP contribution < -0.4 is 0 Å². The third-order valence-corrected chi connectivity index (χ3v) is 8.90. The van der Waals surface area contributed by atoms with Gasteiger partial charge in [0.2, 0.25) is 6.54 Å². The van der Waals surface area contributed by atoms with Gasteiger partial charge in [0, 0.05) is 11.0 Å². The zero-order valence-corrected chi connectivity index (χ0v) is 21.5. The van der Waals surface area contributed by atoms with Gasteiger partial charge in [0.05, 0.1) is 21.4 Å². The van der Waals surface area contributed by atoms with Crippen LogP contribution in [0.3, 0.4) is 0 Å². The van der Waals surface area contributed by atoms with Crippen LogP contribution in [0.5, 0.6) is 0 Å². The SMILES string of the molecule is Cc1ccc([C@H]2CCCC[C@H]2N2CCC(C(=O)O)(C(C[N+](=O)[O-])c3ccc(Cl)c(Cl)c3)CC2)cc1. The lowest BCUT2D eigenvalue weighted by Gasteiger charge is -2.47. The molecule has 1 aliphatic carbocycles. The highest BCUT2D eigenvalue weighted by molar-refractivity contribution is 6.42. The van der Waals surface area contributed by atoms with Gasteiger partial charge < -0.3 is 5.11 Å². The van der Waals surface area contributed by atoms with Crippen LogP contribution in [0.4, 0.5) is 0 Å². The molecule has 1 saturated heterocycles. The van der Waals surface area contributed by atoms with Crippen LogP contribution in [-0.2, 0) is 4.79 Å². The molecule has 3 atom stereocenters. The largest absolute Gasteiger partial charge is 0.481 e. The quantitative estimate of drug-likeness (QED) is 0.331. The van der Waals surface area contributed by atoms with Crippen molar-refractivity contribution in [3.8, 4) is 0 Å². The lowest BCUT2D eigenvalue weighted by atomic mass is 9.65. The molecule has 1 saturated carbocycles. The van der Waals surface area contributed by atoms with Crippen molar-refractivity contribution >= 4 is 29.2 Å². The normalized spacial score (nSPS) is 23.5. The Hall–Kier alpha value is -2.15. The Morgan fingerprint density at radius 3 is 2.37 bits per heavy atom. The molecule has 8 heteroatoms. The van der Waals surface area contributed by atoms with Gasteiger partial charge in [-0.3, -0.25) is 19.8 Å². The molecule has 2 aromatic carbocycles. The average Bonchev–Trinajstić information content (AvgIpc) is 2.85. The number of carboxylic acid groups (broad SMARTS) is 1. The lowest BCUT2D eigenvalue weighted by Crippen LogP contribution is -2.53. The van der Waals surface area contributed by atoms with E-state index in [-0.39, 0.29) is 5.02 Å². The number of aliphatic carboxylic acids is 1. The van der Waals surface area contributed by atoms with E-state index in [1.165, 1.54) is 24.0 Å². The summed E-state index contributed by atoms with van der Waals surface area (Å²) in [6.07, 6.45) is 5.30. The smallest absolute Gasteiger partial charge is 0.310 e. The van der Waals surface area contributed by atoms with Gasteiger partial charge in [0.25, 0.3) is 0 Å². The maximum Gasteiger partial charge on any atom is 0.310 e. The molecule has 188 valence electrons. The number of hydrogen-bond donors (Lipinski definition) is 1. The van der Waals surface area contributed by atoms with Crippen molar-refractivity contribution in [3.05, 3.63) is 79.3 Å². The molecule has 6 nitrogen and oxygen atoms in total. The van der Waals surface area contributed by atoms with Crippen LogP contribution in [-0.4, -0.2) is 46.6 Å². The third kappa shape index (κ3) is 5.50. The molecule has 1 heterocycles. The molecular weight excluding hydrogens is 487 g/mol. The molecule has 0 bridgehead atoms. The molecule has 1 unspecified atom stereocenters. The van der Waals surface area contributed by atoms with E-state index in [9.17, 15) is 20.0 Å². The van der Waals surface area contributed by atoms with Crippen molar-refractivity contribution in [1.29, 1.82) is 0 Å². The number of rotatable bonds is 7. The van der Waals surface area contributed by atoms with E-state index >= 15 is 0 Å². The maximum atomic E-state index is 12.7. The highest BCUT2D eigenvalue weighted by Gasteiger charge is 2.51. The Morgan fingerprint density at radius 1 is 1.11 bits per heavy atom. The topological polar surface area (TPSA) is 83.7 Å². The van der Waals surface area contributed by atoms with Gasteiger partial charge in [0.15, 0.2) is 0 Å². The van der Waals surface area contributed by atoms with Crippen LogP contribution in [0.25, 0.3) is 0 Å². The Kier molecular flexibility index (Phi) is 8.04. The molecule has 0 aromatic heterocycles. The number of hydrogen-bond acceptors (Lipinski definition) is 4. The Labute approximate surface area is 216 Å². The summed E-state index contributed by atoms with van der Waals surface area (Å²) in [6.45, 7) is 2.84. The number of nitro groups is 1. The van der Waals surface area contributed by atoms with Crippen molar-refractivity contribution in [1.82, 2.24) is 4.90 Å². The molecular formula is C27H32Cl2N2O4. The van der Waals surface area contributed by atoms with Crippen molar-refractivity contribution in [2.24, 2.45) is 5.41 Å². The summed E-state index contributed by atoms with van der Waals surface area (Å²) in [5.74, 6) is -1.34. The van der Waals surface area contributed by atoms with Crippen molar-refractivity contribution in [2.45, 2.75) is 63.3 Å². The van der Waals surface area contributed by atoms with Crippen LogP contribution in [0.1, 0.15) is 67.1 Å². The maximum absolute atomic E-state index is 12.7. The van der Waals surface area contributed by atoms with Crippen molar-refractivity contribution < 1.29 is 14.8 Å². The van der Waals surface area contributed by atoms with E-state index < -0.39 is 28.8 Å². The number of carbonyl (C=O) groups is 1. The second kappa shape index (κ2) is 10.9. The number of carboxylic acids is 1. The van der Waals surface area contributed by atoms with Gasteiger partial charge in [-0.2, -0.15) is 0 Å². The summed E-state index contributed by atoms with van der Waals surface area (Å²) in [7, 11) is 0. The second-order valence-electron chi connectivity index (χ2n) is 10.1. The molecule has 0 amide bonds. The van der Waals surface area contributed by atoms with Crippen molar-refractivity contribution in [3.63, 3.8) is 0 Å². The first-order valence-electron chi connectivity index (χ1n) is 12.3. The molecule has 1 N–H and O–H groups in total. The lowest BCUT2D eigenvalue weighted by molar-refractivity contribution is -0.486. The summed E-state index contributed by atoms with van der Waals surface area (Å²) in [6, 6.07) is 14.0. The van der Waals surface area contributed by atoms with E-state index in [1.54, 1.807) is 18.2 Å². The number of likely N-dealkylation sites (tertiary alicyclic amines) is 1. The molecule has 2 aromatic rings. The van der Waals surface area contributed by atoms with Crippen LogP contribution in [0.2, 0.25) is 10.0 Å². The van der Waals surface area contributed by atoms with Gasteiger partial charge >= 0.3 is 5.97 Å². The fourth-order valence-corrected chi connectivity index (χ4v) is 6.50. The minimum atomic E-state index is -1.23. The molecule has 0 radical (unpaired) electrons. The highest BCUT2D eigenvalue weighted by Crippen LogP contribution is 2.48. The standard InChI is InChI=1S/C27H32Cl2N2O4/c1-18-6-8-19(9-7-18)21-4-2-3-5-25(21)30-14-12-27(13-15-30,26(32)33)22(17-31(34)35)20-10-11-23(28)24(29)16-20/h6-11,16,21-22,25H,2-5,12-15,17H2,1H3,(H,32,33)/t21-,22?,25-/m1/s1. The minimum absolute atomic E-state index is 0.277. The van der Waals surface area contributed by atoms with Gasteiger partial charge in [-0.15, -0.1) is 0 Å². The minimum Gasteiger partial charge on any atom is -0.481 e. The van der Waals surface area contributed by atoms with Gasteiger partial charge in [0.1, 0.15) is 0 Å². The van der Waals surface area contributed by atoms with Gasteiger partial charge in [-0.1, -0.05) is 71.9 Å². The van der Waals surface area contributed by atoms with E-state index in [0.29, 0.717) is 48.5 Å². The fraction of sp³-hybridized carbons (Fsp3) is 0.519. The summed E-state index contributed by atoms with van der Waals surface area (Å²) in [4.78, 5) is 26.4. The van der Waals surface area contributed by atoms with E-state index in [0.717, 1.165) is 12.8 Å². The third-order valence-electron chi connectivity index (χ3n) is 8.16. The summed E-state index contributed by atoms with van der Waals surface area (Å²) in [5, 5.41) is 22.6. The van der Waals surface area contributed by atoms with Gasteiger partial charge in [-0.25, -0.2) is 0 Å². The second-order valence-corrected chi connectivity index (χ2v) is 10.9. The summed E-state index contributed by atoms with van der Waals surface area (Å²) in [5.41, 5.74) is 1.92. The first-order chi connectivity index (χ1) is 16.7. The first kappa shape index (κ1) is 25.9. The number of halogens is 2. The number of aryl methyl sites for hydroxylation is 1. The highest BCUT2D eigenvalue weighted by atomic mass is 35.5. The van der Waals surface area contributed by atoms with E-state index in [1.807, 2.05) is 0 Å². The molecule has 2 fully saturated rings. The predicted octanol–water partition coefficient (Wildman–Crippen LogP) is 6.56.